The van der Waals surface area contributed by atoms with Crippen LogP contribution in [0.15, 0.2) is 28.2 Å². The van der Waals surface area contributed by atoms with Crippen LogP contribution in [0.4, 0.5) is 0 Å². The van der Waals surface area contributed by atoms with Gasteiger partial charge in [-0.1, -0.05) is 11.8 Å². The van der Waals surface area contributed by atoms with Crippen LogP contribution in [0.3, 0.4) is 0 Å². The number of nitrogens with one attached hydrogen (secondary N) is 1. The molecule has 0 saturated heterocycles. The molecule has 3 aromatic rings. The number of aromatic nitrogens is 4. The Labute approximate surface area is 154 Å². The molecule has 8 heteroatoms. The maximum atomic E-state index is 12.2. The number of ether oxygens (including phenoxy) is 2. The smallest absolute Gasteiger partial charge is 0.255 e. The van der Waals surface area contributed by atoms with E-state index in [0.717, 1.165) is 59.2 Å². The first-order chi connectivity index (χ1) is 12.7. The Morgan fingerprint density at radius 3 is 2.58 bits per heavy atom. The lowest BCUT2D eigenvalue weighted by atomic mass is 9.97. The summed E-state index contributed by atoms with van der Waals surface area (Å²) >= 11 is 1.58. The Morgan fingerprint density at radius 1 is 1.12 bits per heavy atom. The fourth-order valence-corrected chi connectivity index (χ4v) is 4.23. The minimum atomic E-state index is -0.0336. The molecule has 0 atom stereocenters. The summed E-state index contributed by atoms with van der Waals surface area (Å²) in [7, 11) is 3.28. The number of rotatable bonds is 5. The molecule has 0 radical (unpaired) electrons. The largest absolute Gasteiger partial charge is 0.497 e. The van der Waals surface area contributed by atoms with Crippen molar-refractivity contribution in [2.24, 2.45) is 0 Å². The van der Waals surface area contributed by atoms with Crippen molar-refractivity contribution in [1.29, 1.82) is 0 Å². The van der Waals surface area contributed by atoms with Gasteiger partial charge in [0.15, 0.2) is 5.16 Å². The number of methoxy groups -OCH3 is 2. The van der Waals surface area contributed by atoms with E-state index in [0.29, 0.717) is 11.5 Å². The molecule has 2 aromatic heterocycles. The molecule has 0 saturated carbocycles. The van der Waals surface area contributed by atoms with Crippen LogP contribution in [0, 0.1) is 0 Å². The lowest BCUT2D eigenvalue weighted by Crippen LogP contribution is -2.22. The molecule has 0 fully saturated rings. The first-order valence-corrected chi connectivity index (χ1v) is 9.52. The number of fused-ring (bicyclic) bond motifs is 3. The molecule has 1 aliphatic carbocycles. The standard InChI is InChI=1S/C18H20N4O3S/c1-24-12-7-11(8-13(9-12)25-2)10-26-18-21-20-17-19-16(23)14-5-3-4-6-15(14)22(17)18/h7-9H,3-6,10H2,1-2H3,(H,19,20,23). The zero-order valence-electron chi connectivity index (χ0n) is 14.7. The van der Waals surface area contributed by atoms with Gasteiger partial charge in [-0.25, -0.2) is 0 Å². The van der Waals surface area contributed by atoms with Crippen LogP contribution in [0.2, 0.25) is 0 Å². The van der Waals surface area contributed by atoms with E-state index >= 15 is 0 Å². The average molecular weight is 372 g/mol. The predicted molar refractivity (Wildman–Crippen MR) is 99.4 cm³/mol. The third-order valence-electron chi connectivity index (χ3n) is 4.62. The highest BCUT2D eigenvalue weighted by Crippen LogP contribution is 2.29. The quantitative estimate of drug-likeness (QED) is 0.694. The molecular formula is C18H20N4O3S. The fraction of sp³-hybridized carbons (Fsp3) is 0.389. The minimum absolute atomic E-state index is 0.0336. The number of H-pyrrole nitrogens is 1. The molecular weight excluding hydrogens is 352 g/mol. The molecule has 26 heavy (non-hydrogen) atoms. The highest BCUT2D eigenvalue weighted by Gasteiger charge is 2.20. The van der Waals surface area contributed by atoms with E-state index in [1.165, 1.54) is 0 Å². The number of aryl methyl sites for hydroxylation is 1. The third-order valence-corrected chi connectivity index (χ3v) is 5.62. The van der Waals surface area contributed by atoms with Crippen LogP contribution >= 0.6 is 11.8 Å². The molecule has 0 amide bonds. The van der Waals surface area contributed by atoms with Gasteiger partial charge >= 0.3 is 0 Å². The SMILES string of the molecule is COc1cc(CSc2nnc3[nH]c(=O)c4c(n23)CCCC4)cc(OC)c1. The molecule has 0 unspecified atom stereocenters. The molecule has 1 aromatic carbocycles. The van der Waals surface area contributed by atoms with Crippen molar-refractivity contribution in [3.8, 4) is 11.5 Å². The van der Waals surface area contributed by atoms with Crippen LogP contribution in [0.5, 0.6) is 11.5 Å². The van der Waals surface area contributed by atoms with Crippen LogP contribution in [0.25, 0.3) is 5.78 Å². The number of nitrogens with zero attached hydrogens (tertiary/aromatic N) is 3. The van der Waals surface area contributed by atoms with E-state index in [1.807, 2.05) is 22.6 Å². The van der Waals surface area contributed by atoms with Crippen LogP contribution in [0.1, 0.15) is 29.7 Å². The maximum absolute atomic E-state index is 12.2. The normalized spacial score (nSPS) is 13.6. The zero-order valence-corrected chi connectivity index (χ0v) is 15.6. The molecule has 0 bridgehead atoms. The monoisotopic (exact) mass is 372 g/mol. The van der Waals surface area contributed by atoms with Crippen molar-refractivity contribution >= 4 is 17.5 Å². The summed E-state index contributed by atoms with van der Waals surface area (Å²) in [5.74, 6) is 2.73. The van der Waals surface area contributed by atoms with E-state index in [9.17, 15) is 4.79 Å². The molecule has 4 rings (SSSR count). The molecule has 1 N–H and O–H groups in total. The molecule has 2 heterocycles. The summed E-state index contributed by atoms with van der Waals surface area (Å²) in [4.78, 5) is 15.1. The van der Waals surface area contributed by atoms with Crippen molar-refractivity contribution in [3.63, 3.8) is 0 Å². The van der Waals surface area contributed by atoms with Crippen molar-refractivity contribution < 1.29 is 9.47 Å². The summed E-state index contributed by atoms with van der Waals surface area (Å²) in [6, 6.07) is 5.81. The van der Waals surface area contributed by atoms with E-state index in [4.69, 9.17) is 9.47 Å². The van der Waals surface area contributed by atoms with Gasteiger partial charge in [-0.15, -0.1) is 10.2 Å². The Balaban J connectivity index is 1.67. The second-order valence-corrected chi connectivity index (χ2v) is 7.18. The topological polar surface area (TPSA) is 81.5 Å². The molecule has 0 spiro atoms. The Morgan fingerprint density at radius 2 is 1.85 bits per heavy atom. The summed E-state index contributed by atoms with van der Waals surface area (Å²) in [5, 5.41) is 9.23. The van der Waals surface area contributed by atoms with Crippen molar-refractivity contribution in [2.75, 3.05) is 14.2 Å². The number of thioether (sulfide) groups is 1. The molecule has 7 nitrogen and oxygen atoms in total. The maximum Gasteiger partial charge on any atom is 0.255 e. The van der Waals surface area contributed by atoms with Gasteiger partial charge in [0.1, 0.15) is 11.5 Å². The first kappa shape index (κ1) is 17.0. The second-order valence-electron chi connectivity index (χ2n) is 6.24. The zero-order chi connectivity index (χ0) is 18.1. The number of benzene rings is 1. The van der Waals surface area contributed by atoms with Gasteiger partial charge in [0.05, 0.1) is 14.2 Å². The first-order valence-electron chi connectivity index (χ1n) is 8.53. The van der Waals surface area contributed by atoms with Gasteiger partial charge in [-0.2, -0.15) is 0 Å². The van der Waals surface area contributed by atoms with Crippen LogP contribution < -0.4 is 15.0 Å². The fourth-order valence-electron chi connectivity index (χ4n) is 3.34. The lowest BCUT2D eigenvalue weighted by molar-refractivity contribution is 0.393. The average Bonchev–Trinajstić information content (AvgIpc) is 3.09. The summed E-state index contributed by atoms with van der Waals surface area (Å²) in [5.41, 5.74) is 2.95. The summed E-state index contributed by atoms with van der Waals surface area (Å²) < 4.78 is 12.7. The van der Waals surface area contributed by atoms with E-state index in [1.54, 1.807) is 26.0 Å². The minimum Gasteiger partial charge on any atom is -0.497 e. The summed E-state index contributed by atoms with van der Waals surface area (Å²) in [6.45, 7) is 0. The van der Waals surface area contributed by atoms with Gasteiger partial charge in [0, 0.05) is 23.1 Å². The molecule has 136 valence electrons. The van der Waals surface area contributed by atoms with Gasteiger partial charge in [-0.3, -0.25) is 14.2 Å². The predicted octanol–water partition coefficient (Wildman–Crippen LogP) is 2.61. The Hall–Kier alpha value is -2.48. The number of hydrogen-bond acceptors (Lipinski definition) is 6. The molecule has 0 aliphatic heterocycles. The van der Waals surface area contributed by atoms with Crippen molar-refractivity contribution in [2.45, 2.75) is 36.6 Å². The van der Waals surface area contributed by atoms with Crippen molar-refractivity contribution in [1.82, 2.24) is 19.6 Å². The van der Waals surface area contributed by atoms with Gasteiger partial charge in [0.25, 0.3) is 5.56 Å². The third kappa shape index (κ3) is 3.05. The van der Waals surface area contributed by atoms with Crippen molar-refractivity contribution in [3.05, 3.63) is 45.4 Å². The second kappa shape index (κ2) is 7.03. The summed E-state index contributed by atoms with van der Waals surface area (Å²) in [6.07, 6.45) is 3.83. The highest BCUT2D eigenvalue weighted by atomic mass is 32.2. The molecule has 1 aliphatic rings. The highest BCUT2D eigenvalue weighted by molar-refractivity contribution is 7.98. The van der Waals surface area contributed by atoms with Gasteiger partial charge < -0.3 is 9.47 Å². The van der Waals surface area contributed by atoms with Crippen LogP contribution in [-0.4, -0.2) is 33.8 Å². The Bertz CT molecular complexity index is 989. The van der Waals surface area contributed by atoms with Crippen LogP contribution in [-0.2, 0) is 18.6 Å². The Kier molecular flexibility index (Phi) is 4.58. The van der Waals surface area contributed by atoms with Gasteiger partial charge in [-0.05, 0) is 43.4 Å². The number of aromatic amines is 1. The number of hydrogen-bond donors (Lipinski definition) is 1. The van der Waals surface area contributed by atoms with E-state index in [2.05, 4.69) is 15.2 Å². The van der Waals surface area contributed by atoms with E-state index in [-0.39, 0.29) is 5.56 Å². The van der Waals surface area contributed by atoms with Gasteiger partial charge in [0.2, 0.25) is 5.78 Å². The lowest BCUT2D eigenvalue weighted by Gasteiger charge is -2.16. The van der Waals surface area contributed by atoms with E-state index < -0.39 is 0 Å².